The highest BCUT2D eigenvalue weighted by Crippen LogP contribution is 2.48. The minimum atomic E-state index is -4.83. The van der Waals surface area contributed by atoms with Gasteiger partial charge in [0.05, 0.1) is 28.2 Å². The van der Waals surface area contributed by atoms with Gasteiger partial charge >= 0.3 is 7.82 Å². The molecule has 176 valence electrons. The number of aliphatic hydroxyl groups is 2. The van der Waals surface area contributed by atoms with E-state index in [1.54, 1.807) is 0 Å². The number of rotatable bonds is 6. The molecule has 5 atom stereocenters. The van der Waals surface area contributed by atoms with Crippen LogP contribution in [0, 0.1) is 11.8 Å². The van der Waals surface area contributed by atoms with Gasteiger partial charge in [0.1, 0.15) is 29.3 Å². The normalized spacial score (nSPS) is 29.4. The molecule has 0 aromatic carbocycles. The fraction of sp³-hybridized carbons (Fsp3) is 0.474. The van der Waals surface area contributed by atoms with Crippen LogP contribution in [0.25, 0.3) is 17.1 Å². The molecule has 0 saturated carbocycles. The molecule has 32 heavy (non-hydrogen) atoms. The van der Waals surface area contributed by atoms with E-state index < -0.39 is 60.2 Å². The van der Waals surface area contributed by atoms with Crippen molar-refractivity contribution in [1.29, 1.82) is 0 Å². The molecule has 2 aromatic rings. The summed E-state index contributed by atoms with van der Waals surface area (Å²) in [6.45, 7) is 7.32. The number of phosphoric acid groups is 1. The summed E-state index contributed by atoms with van der Waals surface area (Å²) in [6, 6.07) is 1.04. The maximum absolute atomic E-state index is 14.8. The number of fused-ring (bicyclic) bond motifs is 1. The summed E-state index contributed by atoms with van der Waals surface area (Å²) in [6.07, 6.45) is -3.74. The van der Waals surface area contributed by atoms with E-state index in [-0.39, 0.29) is 23.0 Å². The van der Waals surface area contributed by atoms with E-state index in [0.717, 1.165) is 12.1 Å². The molecule has 0 radical (unpaired) electrons. The minimum absolute atomic E-state index is 0.265. The van der Waals surface area contributed by atoms with Crippen LogP contribution in [0.2, 0.25) is 0 Å². The Morgan fingerprint density at radius 1 is 1.38 bits per heavy atom. The van der Waals surface area contributed by atoms with Gasteiger partial charge in [-0.05, 0) is 26.8 Å². The molecular formula is C19H23F2N2O8P. The molecule has 5 unspecified atom stereocenters. The second-order valence-corrected chi connectivity index (χ2v) is 9.32. The summed E-state index contributed by atoms with van der Waals surface area (Å²) in [5, 5.41) is 21.1. The predicted octanol–water partition coefficient (Wildman–Crippen LogP) is 1.46. The summed E-state index contributed by atoms with van der Waals surface area (Å²) in [7, 11) is -4.83. The third-order valence-electron chi connectivity index (χ3n) is 5.61. The van der Waals surface area contributed by atoms with Gasteiger partial charge in [0.15, 0.2) is 0 Å². The van der Waals surface area contributed by atoms with Crippen molar-refractivity contribution >= 4 is 24.9 Å². The highest BCUT2D eigenvalue weighted by Gasteiger charge is 2.59. The van der Waals surface area contributed by atoms with Crippen LogP contribution in [0.15, 0.2) is 17.4 Å². The molecule has 3 heterocycles. The lowest BCUT2D eigenvalue weighted by Gasteiger charge is -2.32. The molecule has 1 saturated heterocycles. The summed E-state index contributed by atoms with van der Waals surface area (Å²) in [5.41, 5.74) is -5.49. The summed E-state index contributed by atoms with van der Waals surface area (Å²) in [4.78, 5) is 36.4. The van der Waals surface area contributed by atoms with Gasteiger partial charge in [-0.1, -0.05) is 12.7 Å². The van der Waals surface area contributed by atoms with E-state index in [9.17, 15) is 28.4 Å². The van der Waals surface area contributed by atoms with Crippen LogP contribution >= 0.6 is 7.82 Å². The van der Waals surface area contributed by atoms with E-state index in [2.05, 4.69) is 21.1 Å². The van der Waals surface area contributed by atoms with Gasteiger partial charge in [-0.15, -0.1) is 0 Å². The Balaban J connectivity index is 2.08. The molecule has 0 amide bonds. The minimum Gasteiger partial charge on any atom is -0.387 e. The van der Waals surface area contributed by atoms with Crippen molar-refractivity contribution in [1.82, 2.24) is 9.97 Å². The standard InChI is InChI=1S/C19H23F2N2O8P/c1-5-9-12(20)10-6-11(17(26)23-16(10)22-15(9)21)19(4)14(25)13(24)18(3,31-19)7-8(2)30-32(27,28)29/h5-6,8,13-14,24-25H,1,7H2,2-4H3,(H,22,23,26)(H2,27,28,29). The van der Waals surface area contributed by atoms with E-state index in [1.165, 1.54) is 20.8 Å². The van der Waals surface area contributed by atoms with Crippen LogP contribution < -0.4 is 5.56 Å². The van der Waals surface area contributed by atoms with Gasteiger partial charge in [0, 0.05) is 6.42 Å². The Morgan fingerprint density at radius 2 is 2.00 bits per heavy atom. The first-order chi connectivity index (χ1) is 14.6. The predicted molar refractivity (Wildman–Crippen MR) is 108 cm³/mol. The fourth-order valence-electron chi connectivity index (χ4n) is 4.17. The van der Waals surface area contributed by atoms with Crippen LogP contribution in [0.1, 0.15) is 38.3 Å². The van der Waals surface area contributed by atoms with Crippen molar-refractivity contribution in [2.75, 3.05) is 0 Å². The van der Waals surface area contributed by atoms with Gasteiger partial charge in [-0.25, -0.2) is 13.9 Å². The highest BCUT2D eigenvalue weighted by molar-refractivity contribution is 7.46. The van der Waals surface area contributed by atoms with Crippen LogP contribution in [0.4, 0.5) is 8.78 Å². The van der Waals surface area contributed by atoms with Crippen molar-refractivity contribution in [3.63, 3.8) is 0 Å². The summed E-state index contributed by atoms with van der Waals surface area (Å²) < 4.78 is 50.3. The number of aromatic amines is 1. The average molecular weight is 476 g/mol. The topological polar surface area (TPSA) is 162 Å². The number of pyridine rings is 2. The molecule has 3 rings (SSSR count). The zero-order valence-corrected chi connectivity index (χ0v) is 18.3. The third kappa shape index (κ3) is 4.15. The first kappa shape index (κ1) is 24.6. The van der Waals surface area contributed by atoms with Gasteiger partial charge in [0.25, 0.3) is 5.56 Å². The molecule has 13 heteroatoms. The fourth-order valence-corrected chi connectivity index (χ4v) is 4.72. The zero-order valence-electron chi connectivity index (χ0n) is 17.4. The van der Waals surface area contributed by atoms with Gasteiger partial charge < -0.3 is 29.7 Å². The molecule has 0 bridgehead atoms. The molecule has 2 aromatic heterocycles. The van der Waals surface area contributed by atoms with E-state index in [0.29, 0.717) is 0 Å². The van der Waals surface area contributed by atoms with Crippen molar-refractivity contribution in [2.45, 2.75) is 56.7 Å². The smallest absolute Gasteiger partial charge is 0.387 e. The lowest BCUT2D eigenvalue weighted by Crippen LogP contribution is -2.43. The van der Waals surface area contributed by atoms with E-state index >= 15 is 0 Å². The Labute approximate surface area is 180 Å². The first-order valence-corrected chi connectivity index (χ1v) is 11.0. The number of aromatic nitrogens is 2. The zero-order chi connectivity index (χ0) is 24.2. The number of nitrogens with one attached hydrogen (secondary N) is 1. The number of ether oxygens (including phenoxy) is 1. The van der Waals surface area contributed by atoms with Crippen molar-refractivity contribution in [3.05, 3.63) is 45.9 Å². The van der Waals surface area contributed by atoms with Gasteiger partial charge in [0.2, 0.25) is 5.95 Å². The van der Waals surface area contributed by atoms with Crippen LogP contribution in [-0.4, -0.2) is 53.9 Å². The number of hydrogen-bond donors (Lipinski definition) is 5. The van der Waals surface area contributed by atoms with E-state index in [4.69, 9.17) is 14.5 Å². The Hall–Kier alpha value is -2.05. The molecule has 0 spiro atoms. The number of halogens is 2. The van der Waals surface area contributed by atoms with Gasteiger partial charge in [-0.3, -0.25) is 9.32 Å². The number of aliphatic hydroxyl groups excluding tert-OH is 2. The third-order valence-corrected chi connectivity index (χ3v) is 6.24. The number of H-pyrrole nitrogens is 1. The lowest BCUT2D eigenvalue weighted by molar-refractivity contribution is -0.132. The summed E-state index contributed by atoms with van der Waals surface area (Å²) >= 11 is 0. The monoisotopic (exact) mass is 476 g/mol. The average Bonchev–Trinajstić information content (AvgIpc) is 2.80. The van der Waals surface area contributed by atoms with Crippen molar-refractivity contribution in [2.24, 2.45) is 0 Å². The van der Waals surface area contributed by atoms with Crippen molar-refractivity contribution in [3.8, 4) is 0 Å². The van der Waals surface area contributed by atoms with E-state index in [1.807, 2.05) is 0 Å². The lowest BCUT2D eigenvalue weighted by atomic mass is 9.85. The van der Waals surface area contributed by atoms with Crippen LogP contribution in [0.5, 0.6) is 0 Å². The maximum atomic E-state index is 14.8. The Kier molecular flexibility index (Phi) is 6.20. The Morgan fingerprint density at radius 3 is 2.56 bits per heavy atom. The first-order valence-electron chi connectivity index (χ1n) is 9.48. The largest absolute Gasteiger partial charge is 0.469 e. The van der Waals surface area contributed by atoms with Gasteiger partial charge in [-0.2, -0.15) is 4.39 Å². The number of phosphoric ester groups is 1. The molecule has 1 fully saturated rings. The molecule has 1 aliphatic rings. The number of nitrogens with zero attached hydrogens (tertiary/aromatic N) is 1. The Bertz CT molecular complexity index is 1180. The molecule has 5 N–H and O–H groups in total. The molecule has 1 aliphatic heterocycles. The SMILES string of the molecule is C=Cc1c(F)nc2[nH]c(=O)c(C3(C)OC(C)(CC(C)OP(=O)(O)O)C(O)C3O)cc2c1F. The van der Waals surface area contributed by atoms with Crippen molar-refractivity contribution < 1.29 is 42.6 Å². The highest BCUT2D eigenvalue weighted by atomic mass is 31.2. The second-order valence-electron chi connectivity index (χ2n) is 8.13. The molecule has 10 nitrogen and oxygen atoms in total. The van der Waals surface area contributed by atoms with Crippen LogP contribution in [-0.2, 0) is 19.4 Å². The summed E-state index contributed by atoms with van der Waals surface area (Å²) in [5.74, 6) is -2.21. The van der Waals surface area contributed by atoms with Crippen LogP contribution in [0.3, 0.4) is 0 Å². The maximum Gasteiger partial charge on any atom is 0.469 e. The number of hydrogen-bond acceptors (Lipinski definition) is 7. The second kappa shape index (κ2) is 8.07. The molecular weight excluding hydrogens is 453 g/mol. The molecule has 0 aliphatic carbocycles. The quantitative estimate of drug-likeness (QED) is 0.307.